The van der Waals surface area contributed by atoms with Gasteiger partial charge in [-0.25, -0.2) is 0 Å². The number of unbranched alkanes of at least 4 members (excludes halogenated alkanes) is 1. The second-order valence-corrected chi connectivity index (χ2v) is 6.98. The van der Waals surface area contributed by atoms with E-state index < -0.39 is 0 Å². The minimum atomic E-state index is -0.174. The lowest BCUT2D eigenvalue weighted by Crippen LogP contribution is -2.43. The molecular formula is C20H23NO2S. The Morgan fingerprint density at radius 3 is 2.42 bits per heavy atom. The third-order valence-corrected chi connectivity index (χ3v) is 5.34. The Morgan fingerprint density at radius 2 is 1.75 bits per heavy atom. The molecule has 4 heteroatoms. The molecule has 1 heterocycles. The molecular weight excluding hydrogens is 318 g/mol. The largest absolute Gasteiger partial charge is 0.274 e. The zero-order chi connectivity index (χ0) is 17.3. The van der Waals surface area contributed by atoms with Gasteiger partial charge >= 0.3 is 0 Å². The summed E-state index contributed by atoms with van der Waals surface area (Å²) >= 11 is 4.46. The molecule has 3 rings (SSSR count). The SMILES string of the molecule is CCCC[C@@H](CC)CN1C(=O)c2cccc3c(S)ccc(c23)C1=O. The van der Waals surface area contributed by atoms with Gasteiger partial charge in [0.1, 0.15) is 0 Å². The number of carbonyl (C=O) groups excluding carboxylic acids is 2. The van der Waals surface area contributed by atoms with E-state index in [9.17, 15) is 9.59 Å². The molecule has 0 aliphatic carbocycles. The van der Waals surface area contributed by atoms with Crippen LogP contribution in [-0.4, -0.2) is 23.3 Å². The molecule has 0 spiro atoms. The fourth-order valence-electron chi connectivity index (χ4n) is 3.47. The number of hydrogen-bond donors (Lipinski definition) is 1. The number of nitrogens with zero attached hydrogens (tertiary/aromatic N) is 1. The first-order chi connectivity index (χ1) is 11.6. The van der Waals surface area contributed by atoms with E-state index in [1.807, 2.05) is 24.3 Å². The summed E-state index contributed by atoms with van der Waals surface area (Å²) in [5.41, 5.74) is 1.23. The quantitative estimate of drug-likeness (QED) is 0.597. The van der Waals surface area contributed by atoms with E-state index in [0.717, 1.165) is 41.4 Å². The van der Waals surface area contributed by atoms with Gasteiger partial charge in [0, 0.05) is 28.0 Å². The molecule has 0 fully saturated rings. The normalized spacial score (nSPS) is 15.2. The zero-order valence-corrected chi connectivity index (χ0v) is 15.1. The third kappa shape index (κ3) is 2.84. The fourth-order valence-corrected chi connectivity index (χ4v) is 3.73. The van der Waals surface area contributed by atoms with E-state index in [-0.39, 0.29) is 11.8 Å². The Morgan fingerprint density at radius 1 is 1.04 bits per heavy atom. The van der Waals surface area contributed by atoms with E-state index in [1.54, 1.807) is 6.07 Å². The Bertz CT molecular complexity index is 777. The van der Waals surface area contributed by atoms with E-state index in [0.29, 0.717) is 23.6 Å². The van der Waals surface area contributed by atoms with Gasteiger partial charge in [-0.3, -0.25) is 14.5 Å². The van der Waals surface area contributed by atoms with Crippen molar-refractivity contribution in [3.63, 3.8) is 0 Å². The minimum Gasteiger partial charge on any atom is -0.274 e. The van der Waals surface area contributed by atoms with Crippen LogP contribution >= 0.6 is 12.6 Å². The summed E-state index contributed by atoms with van der Waals surface area (Å²) in [6.45, 7) is 4.80. The third-order valence-electron chi connectivity index (χ3n) is 4.95. The van der Waals surface area contributed by atoms with Crippen LogP contribution in [0.5, 0.6) is 0 Å². The maximum atomic E-state index is 12.9. The lowest BCUT2D eigenvalue weighted by Gasteiger charge is -2.30. The molecule has 0 aromatic heterocycles. The molecule has 0 saturated heterocycles. The van der Waals surface area contributed by atoms with Crippen molar-refractivity contribution in [2.24, 2.45) is 5.92 Å². The van der Waals surface area contributed by atoms with Crippen LogP contribution in [0.2, 0.25) is 0 Å². The Kier molecular flexibility index (Phi) is 4.95. The summed E-state index contributed by atoms with van der Waals surface area (Å²) < 4.78 is 0. The van der Waals surface area contributed by atoms with Gasteiger partial charge in [0.15, 0.2) is 0 Å². The van der Waals surface area contributed by atoms with E-state index in [2.05, 4.69) is 26.5 Å². The predicted octanol–water partition coefficient (Wildman–Crippen LogP) is 4.94. The lowest BCUT2D eigenvalue weighted by molar-refractivity contribution is 0.0580. The molecule has 1 aliphatic heterocycles. The average Bonchev–Trinajstić information content (AvgIpc) is 2.60. The number of imide groups is 1. The highest BCUT2D eigenvalue weighted by atomic mass is 32.1. The van der Waals surface area contributed by atoms with Crippen LogP contribution in [0.25, 0.3) is 10.8 Å². The minimum absolute atomic E-state index is 0.174. The Hall–Kier alpha value is -1.81. The number of carbonyl (C=O) groups is 2. The molecule has 24 heavy (non-hydrogen) atoms. The van der Waals surface area contributed by atoms with Crippen molar-refractivity contribution in [3.05, 3.63) is 41.5 Å². The number of thiol groups is 1. The van der Waals surface area contributed by atoms with Crippen molar-refractivity contribution < 1.29 is 9.59 Å². The molecule has 2 aromatic carbocycles. The molecule has 0 N–H and O–H groups in total. The van der Waals surface area contributed by atoms with Crippen LogP contribution in [0.4, 0.5) is 0 Å². The summed E-state index contributed by atoms with van der Waals surface area (Å²) in [7, 11) is 0. The maximum Gasteiger partial charge on any atom is 0.261 e. The van der Waals surface area contributed by atoms with Crippen LogP contribution in [-0.2, 0) is 0 Å². The molecule has 0 saturated carbocycles. The smallest absolute Gasteiger partial charge is 0.261 e. The summed E-state index contributed by atoms with van der Waals surface area (Å²) in [6.07, 6.45) is 4.29. The van der Waals surface area contributed by atoms with Gasteiger partial charge in [0.25, 0.3) is 11.8 Å². The molecule has 0 unspecified atom stereocenters. The van der Waals surface area contributed by atoms with Gasteiger partial charge < -0.3 is 0 Å². The van der Waals surface area contributed by atoms with E-state index in [4.69, 9.17) is 0 Å². The summed E-state index contributed by atoms with van der Waals surface area (Å²) in [5, 5.41) is 1.62. The summed E-state index contributed by atoms with van der Waals surface area (Å²) in [4.78, 5) is 28.1. The van der Waals surface area contributed by atoms with Gasteiger partial charge in [-0.05, 0) is 35.9 Å². The van der Waals surface area contributed by atoms with E-state index in [1.165, 1.54) is 4.90 Å². The second kappa shape index (κ2) is 6.98. The number of hydrogen-bond acceptors (Lipinski definition) is 3. The van der Waals surface area contributed by atoms with Gasteiger partial charge in [-0.1, -0.05) is 45.2 Å². The van der Waals surface area contributed by atoms with Gasteiger partial charge in [-0.15, -0.1) is 12.6 Å². The molecule has 1 aliphatic rings. The average molecular weight is 341 g/mol. The molecule has 1 atom stereocenters. The molecule has 2 aromatic rings. The number of rotatable bonds is 6. The molecule has 126 valence electrons. The highest BCUT2D eigenvalue weighted by molar-refractivity contribution is 7.80. The van der Waals surface area contributed by atoms with Crippen molar-refractivity contribution in [3.8, 4) is 0 Å². The lowest BCUT2D eigenvalue weighted by atomic mass is 9.92. The molecule has 3 nitrogen and oxygen atoms in total. The Labute approximate surface area is 148 Å². The van der Waals surface area contributed by atoms with Crippen LogP contribution < -0.4 is 0 Å². The first-order valence-corrected chi connectivity index (χ1v) is 9.14. The fraction of sp³-hybridized carbons (Fsp3) is 0.400. The van der Waals surface area contributed by atoms with Gasteiger partial charge in [0.2, 0.25) is 0 Å². The molecule has 0 radical (unpaired) electrons. The zero-order valence-electron chi connectivity index (χ0n) is 14.2. The van der Waals surface area contributed by atoms with E-state index >= 15 is 0 Å². The first-order valence-electron chi connectivity index (χ1n) is 8.69. The standard InChI is InChI=1S/C20H23NO2S/c1-3-5-7-13(4-2)12-21-19(22)15-9-6-8-14-17(24)11-10-16(18(14)15)20(21)23/h6,8-11,13,24H,3-5,7,12H2,1-2H3/t13-/m1/s1. The highest BCUT2D eigenvalue weighted by Crippen LogP contribution is 2.34. The second-order valence-electron chi connectivity index (χ2n) is 6.50. The van der Waals surface area contributed by atoms with Crippen molar-refractivity contribution in [2.75, 3.05) is 6.54 Å². The van der Waals surface area contributed by atoms with Crippen LogP contribution in [0.1, 0.15) is 60.2 Å². The highest BCUT2D eigenvalue weighted by Gasteiger charge is 2.34. The number of benzene rings is 2. The summed E-state index contributed by atoms with van der Waals surface area (Å²) in [5.74, 6) is 0.0155. The molecule has 0 bridgehead atoms. The first kappa shape index (κ1) is 17.0. The van der Waals surface area contributed by atoms with Crippen LogP contribution in [0.15, 0.2) is 35.2 Å². The van der Waals surface area contributed by atoms with Gasteiger partial charge in [0.05, 0.1) is 0 Å². The van der Waals surface area contributed by atoms with Crippen LogP contribution in [0.3, 0.4) is 0 Å². The van der Waals surface area contributed by atoms with Crippen LogP contribution in [0, 0.1) is 5.92 Å². The predicted molar refractivity (Wildman–Crippen MR) is 99.9 cm³/mol. The monoisotopic (exact) mass is 341 g/mol. The summed E-state index contributed by atoms with van der Waals surface area (Å²) in [6, 6.07) is 9.22. The number of amides is 2. The molecule has 2 amide bonds. The van der Waals surface area contributed by atoms with Crippen molar-refractivity contribution >= 4 is 35.2 Å². The van der Waals surface area contributed by atoms with Crippen molar-refractivity contribution in [1.29, 1.82) is 0 Å². The topological polar surface area (TPSA) is 37.4 Å². The Balaban J connectivity index is 2.00. The van der Waals surface area contributed by atoms with Gasteiger partial charge in [-0.2, -0.15) is 0 Å². The maximum absolute atomic E-state index is 12.9. The van der Waals surface area contributed by atoms with Crippen molar-refractivity contribution in [1.82, 2.24) is 4.90 Å². The van der Waals surface area contributed by atoms with Crippen molar-refractivity contribution in [2.45, 2.75) is 44.4 Å².